The van der Waals surface area contributed by atoms with Crippen molar-refractivity contribution < 1.29 is 9.90 Å². The summed E-state index contributed by atoms with van der Waals surface area (Å²) in [6, 6.07) is 9.87. The highest BCUT2D eigenvalue weighted by atomic mass is 35.5. The van der Waals surface area contributed by atoms with E-state index in [9.17, 15) is 9.90 Å². The minimum absolute atomic E-state index is 0. The van der Waals surface area contributed by atoms with Crippen LogP contribution in [0, 0.1) is 11.8 Å². The molecule has 3 nitrogen and oxygen atoms in total. The molecule has 2 rings (SSSR count). The lowest BCUT2D eigenvalue weighted by molar-refractivity contribution is -0.143. The fraction of sp³-hybridized carbons (Fsp3) is 0.462. The number of halogens is 1. The van der Waals surface area contributed by atoms with Gasteiger partial charge in [-0.2, -0.15) is 0 Å². The molecule has 1 aliphatic heterocycles. The molecule has 1 aliphatic rings. The Labute approximate surface area is 108 Å². The third-order valence-corrected chi connectivity index (χ3v) is 3.28. The van der Waals surface area contributed by atoms with Gasteiger partial charge in [0.05, 0.1) is 5.92 Å². The standard InChI is InChI=1S/C13H17NO2.ClH/c15-13(16)12(11-6-7-14-9-11)8-10-4-2-1-3-5-10;/h1-5,11-12,14H,6-9H2,(H,15,16);1H/t11-,12-;/m0./s1. The van der Waals surface area contributed by atoms with Gasteiger partial charge in [-0.25, -0.2) is 0 Å². The molecule has 0 aliphatic carbocycles. The largest absolute Gasteiger partial charge is 0.481 e. The molecule has 1 aromatic carbocycles. The van der Waals surface area contributed by atoms with Crippen LogP contribution in [0.1, 0.15) is 12.0 Å². The zero-order chi connectivity index (χ0) is 11.4. The van der Waals surface area contributed by atoms with Gasteiger partial charge in [-0.1, -0.05) is 30.3 Å². The molecule has 1 heterocycles. The Bertz CT molecular complexity index is 350. The third-order valence-electron chi connectivity index (χ3n) is 3.28. The molecule has 17 heavy (non-hydrogen) atoms. The van der Waals surface area contributed by atoms with Crippen LogP contribution >= 0.6 is 12.4 Å². The van der Waals surface area contributed by atoms with Crippen LogP contribution in [0.3, 0.4) is 0 Å². The smallest absolute Gasteiger partial charge is 0.307 e. The summed E-state index contributed by atoms with van der Waals surface area (Å²) in [5.74, 6) is -0.646. The molecule has 0 saturated carbocycles. The van der Waals surface area contributed by atoms with Crippen molar-refractivity contribution in [3.63, 3.8) is 0 Å². The summed E-state index contributed by atoms with van der Waals surface area (Å²) in [6.45, 7) is 1.78. The highest BCUT2D eigenvalue weighted by molar-refractivity contribution is 5.85. The molecule has 4 heteroatoms. The summed E-state index contributed by atoms with van der Waals surface area (Å²) < 4.78 is 0. The van der Waals surface area contributed by atoms with E-state index in [4.69, 9.17) is 0 Å². The summed E-state index contributed by atoms with van der Waals surface area (Å²) in [6.07, 6.45) is 1.62. The Balaban J connectivity index is 0.00000144. The Morgan fingerprint density at radius 3 is 2.65 bits per heavy atom. The maximum Gasteiger partial charge on any atom is 0.307 e. The van der Waals surface area contributed by atoms with Crippen molar-refractivity contribution >= 4 is 18.4 Å². The van der Waals surface area contributed by atoms with Gasteiger partial charge in [0.1, 0.15) is 0 Å². The first-order valence-electron chi connectivity index (χ1n) is 5.75. The summed E-state index contributed by atoms with van der Waals surface area (Å²) in [5, 5.41) is 12.5. The number of carboxylic acids is 1. The molecular weight excluding hydrogens is 238 g/mol. The van der Waals surface area contributed by atoms with Gasteiger partial charge in [-0.15, -0.1) is 12.4 Å². The minimum atomic E-state index is -0.669. The van der Waals surface area contributed by atoms with Gasteiger partial charge < -0.3 is 10.4 Å². The average Bonchev–Trinajstić information content (AvgIpc) is 2.80. The van der Waals surface area contributed by atoms with Crippen molar-refractivity contribution in [3.8, 4) is 0 Å². The Hall–Kier alpha value is -1.06. The Morgan fingerprint density at radius 1 is 1.41 bits per heavy atom. The van der Waals surface area contributed by atoms with Crippen LogP contribution in [0.25, 0.3) is 0 Å². The molecule has 0 spiro atoms. The number of aliphatic carboxylic acids is 1. The lowest BCUT2D eigenvalue weighted by Crippen LogP contribution is -2.27. The van der Waals surface area contributed by atoms with Crippen molar-refractivity contribution in [1.82, 2.24) is 5.32 Å². The molecular formula is C13H18ClNO2. The molecule has 1 aromatic rings. The zero-order valence-electron chi connectivity index (χ0n) is 9.63. The van der Waals surface area contributed by atoms with E-state index in [0.717, 1.165) is 25.1 Å². The molecule has 0 amide bonds. The predicted octanol–water partition coefficient (Wildman–Crippen LogP) is 1.96. The Morgan fingerprint density at radius 2 is 2.12 bits per heavy atom. The monoisotopic (exact) mass is 255 g/mol. The van der Waals surface area contributed by atoms with Crippen LogP contribution < -0.4 is 5.32 Å². The summed E-state index contributed by atoms with van der Waals surface area (Å²) in [7, 11) is 0. The molecule has 1 fully saturated rings. The van der Waals surface area contributed by atoms with E-state index in [2.05, 4.69) is 5.32 Å². The van der Waals surface area contributed by atoms with Crippen LogP contribution in [0.5, 0.6) is 0 Å². The normalized spacial score (nSPS) is 20.6. The molecule has 2 atom stereocenters. The number of rotatable bonds is 4. The van der Waals surface area contributed by atoms with E-state index in [1.165, 1.54) is 0 Å². The molecule has 0 bridgehead atoms. The van der Waals surface area contributed by atoms with Gasteiger partial charge in [0.25, 0.3) is 0 Å². The SMILES string of the molecule is Cl.O=C(O)[C@@H](Cc1ccccc1)[C@H]1CCNC1. The molecule has 0 aromatic heterocycles. The lowest BCUT2D eigenvalue weighted by atomic mass is 9.86. The highest BCUT2D eigenvalue weighted by Gasteiger charge is 2.30. The second-order valence-corrected chi connectivity index (χ2v) is 4.39. The van der Waals surface area contributed by atoms with E-state index >= 15 is 0 Å². The van der Waals surface area contributed by atoms with Gasteiger partial charge in [0, 0.05) is 0 Å². The van der Waals surface area contributed by atoms with E-state index in [0.29, 0.717) is 6.42 Å². The first kappa shape index (κ1) is 14.0. The van der Waals surface area contributed by atoms with Crippen LogP contribution in [-0.4, -0.2) is 24.2 Å². The van der Waals surface area contributed by atoms with Gasteiger partial charge >= 0.3 is 5.97 Å². The summed E-state index contributed by atoms with van der Waals surface area (Å²) >= 11 is 0. The number of carboxylic acid groups (broad SMARTS) is 1. The fourth-order valence-corrected chi connectivity index (χ4v) is 2.34. The number of carbonyl (C=O) groups is 1. The number of hydrogen-bond acceptors (Lipinski definition) is 2. The number of hydrogen-bond donors (Lipinski definition) is 2. The van der Waals surface area contributed by atoms with E-state index < -0.39 is 5.97 Å². The summed E-state index contributed by atoms with van der Waals surface area (Å²) in [4.78, 5) is 11.3. The molecule has 1 saturated heterocycles. The minimum Gasteiger partial charge on any atom is -0.481 e. The van der Waals surface area contributed by atoms with E-state index in [-0.39, 0.29) is 24.2 Å². The van der Waals surface area contributed by atoms with Crippen molar-refractivity contribution in [2.24, 2.45) is 11.8 Å². The van der Waals surface area contributed by atoms with Crippen LogP contribution in [0.15, 0.2) is 30.3 Å². The van der Waals surface area contributed by atoms with Gasteiger partial charge in [-0.05, 0) is 37.4 Å². The molecule has 0 radical (unpaired) electrons. The topological polar surface area (TPSA) is 49.3 Å². The number of nitrogens with one attached hydrogen (secondary N) is 1. The zero-order valence-corrected chi connectivity index (χ0v) is 10.5. The fourth-order valence-electron chi connectivity index (χ4n) is 2.34. The maximum absolute atomic E-state index is 11.3. The van der Waals surface area contributed by atoms with Gasteiger partial charge in [-0.3, -0.25) is 4.79 Å². The first-order valence-corrected chi connectivity index (χ1v) is 5.75. The molecule has 2 N–H and O–H groups in total. The van der Waals surface area contributed by atoms with E-state index in [1.54, 1.807) is 0 Å². The highest BCUT2D eigenvalue weighted by Crippen LogP contribution is 2.23. The van der Waals surface area contributed by atoms with Crippen LogP contribution in [0.4, 0.5) is 0 Å². The maximum atomic E-state index is 11.3. The van der Waals surface area contributed by atoms with Crippen molar-refractivity contribution in [1.29, 1.82) is 0 Å². The van der Waals surface area contributed by atoms with Crippen molar-refractivity contribution in [3.05, 3.63) is 35.9 Å². The third kappa shape index (κ3) is 3.72. The average molecular weight is 256 g/mol. The van der Waals surface area contributed by atoms with Crippen molar-refractivity contribution in [2.45, 2.75) is 12.8 Å². The van der Waals surface area contributed by atoms with Crippen molar-refractivity contribution in [2.75, 3.05) is 13.1 Å². The van der Waals surface area contributed by atoms with Crippen LogP contribution in [-0.2, 0) is 11.2 Å². The second-order valence-electron chi connectivity index (χ2n) is 4.39. The molecule has 0 unspecified atom stereocenters. The van der Waals surface area contributed by atoms with Crippen LogP contribution in [0.2, 0.25) is 0 Å². The van der Waals surface area contributed by atoms with Gasteiger partial charge in [0.2, 0.25) is 0 Å². The number of benzene rings is 1. The molecule has 94 valence electrons. The summed E-state index contributed by atoms with van der Waals surface area (Å²) in [5.41, 5.74) is 1.11. The lowest BCUT2D eigenvalue weighted by Gasteiger charge is -2.18. The first-order chi connectivity index (χ1) is 7.77. The predicted molar refractivity (Wildman–Crippen MR) is 69.5 cm³/mol. The quantitative estimate of drug-likeness (QED) is 0.865. The van der Waals surface area contributed by atoms with E-state index in [1.807, 2.05) is 30.3 Å². The second kappa shape index (κ2) is 6.62. The Kier molecular flexibility index (Phi) is 5.45. The van der Waals surface area contributed by atoms with Gasteiger partial charge in [0.15, 0.2) is 0 Å².